The van der Waals surface area contributed by atoms with Crippen LogP contribution >= 0.6 is 0 Å². The summed E-state index contributed by atoms with van der Waals surface area (Å²) in [6.07, 6.45) is 0.695. The topological polar surface area (TPSA) is 60.2 Å². The molecule has 0 aliphatic carbocycles. The van der Waals surface area contributed by atoms with E-state index in [4.69, 9.17) is 0 Å². The second kappa shape index (κ2) is 5.44. The molecule has 4 heteroatoms. The first kappa shape index (κ1) is 13.0. The SMILES string of the molecule is CCc1ccc(C(=O)c2ccccc2)c([N+](=O)[O-])c1. The number of nitrogens with zero attached hydrogens (tertiary/aromatic N) is 1. The largest absolute Gasteiger partial charge is 0.288 e. The molecule has 0 radical (unpaired) electrons. The fraction of sp³-hybridized carbons (Fsp3) is 0.133. The molecule has 2 rings (SSSR count). The third kappa shape index (κ3) is 2.68. The molecule has 0 saturated heterocycles. The Morgan fingerprint density at radius 3 is 2.42 bits per heavy atom. The second-order valence-electron chi connectivity index (χ2n) is 4.16. The molecule has 0 spiro atoms. The first-order valence-corrected chi connectivity index (χ1v) is 6.00. The van der Waals surface area contributed by atoms with Crippen molar-refractivity contribution in [2.45, 2.75) is 13.3 Å². The van der Waals surface area contributed by atoms with E-state index in [0.29, 0.717) is 12.0 Å². The van der Waals surface area contributed by atoms with Crippen LogP contribution in [-0.4, -0.2) is 10.7 Å². The standard InChI is InChI=1S/C15H13NO3/c1-2-11-8-9-13(14(10-11)16(18)19)15(17)12-6-4-3-5-7-12/h3-10H,2H2,1H3. The highest BCUT2D eigenvalue weighted by molar-refractivity contribution is 6.11. The predicted octanol–water partition coefficient (Wildman–Crippen LogP) is 3.39. The van der Waals surface area contributed by atoms with E-state index >= 15 is 0 Å². The maximum atomic E-state index is 12.3. The highest BCUT2D eigenvalue weighted by Crippen LogP contribution is 2.23. The Hall–Kier alpha value is -2.49. The molecule has 0 N–H and O–H groups in total. The molecule has 0 atom stereocenters. The van der Waals surface area contributed by atoms with Crippen molar-refractivity contribution >= 4 is 11.5 Å². The van der Waals surface area contributed by atoms with Gasteiger partial charge in [-0.15, -0.1) is 0 Å². The van der Waals surface area contributed by atoms with E-state index in [2.05, 4.69) is 0 Å². The summed E-state index contributed by atoms with van der Waals surface area (Å²) in [4.78, 5) is 22.8. The van der Waals surface area contributed by atoms with Gasteiger partial charge in [0.15, 0.2) is 5.78 Å². The number of hydrogen-bond donors (Lipinski definition) is 0. The maximum Gasteiger partial charge on any atom is 0.280 e. The minimum Gasteiger partial charge on any atom is -0.288 e. The molecule has 0 aliphatic rings. The van der Waals surface area contributed by atoms with Crippen LogP contribution in [0.5, 0.6) is 0 Å². The number of hydrogen-bond acceptors (Lipinski definition) is 3. The molecule has 0 bridgehead atoms. The van der Waals surface area contributed by atoms with Crippen molar-refractivity contribution in [1.29, 1.82) is 0 Å². The highest BCUT2D eigenvalue weighted by atomic mass is 16.6. The van der Waals surface area contributed by atoms with Crippen LogP contribution in [0.25, 0.3) is 0 Å². The molecule has 0 heterocycles. The molecule has 0 amide bonds. The lowest BCUT2D eigenvalue weighted by Gasteiger charge is -2.04. The Labute approximate surface area is 110 Å². The van der Waals surface area contributed by atoms with Crippen LogP contribution in [0, 0.1) is 10.1 Å². The van der Waals surface area contributed by atoms with Gasteiger partial charge in [-0.1, -0.05) is 43.3 Å². The Balaban J connectivity index is 2.50. The second-order valence-corrected chi connectivity index (χ2v) is 4.16. The summed E-state index contributed by atoms with van der Waals surface area (Å²) in [5.41, 5.74) is 1.30. The Kier molecular flexibility index (Phi) is 3.71. The van der Waals surface area contributed by atoms with Crippen LogP contribution in [0.4, 0.5) is 5.69 Å². The fourth-order valence-corrected chi connectivity index (χ4v) is 1.89. The van der Waals surface area contributed by atoms with Gasteiger partial charge in [0, 0.05) is 11.6 Å². The normalized spacial score (nSPS) is 10.2. The number of ketones is 1. The van der Waals surface area contributed by atoms with E-state index in [-0.39, 0.29) is 17.0 Å². The van der Waals surface area contributed by atoms with Gasteiger partial charge in [-0.2, -0.15) is 0 Å². The molecule has 0 fully saturated rings. The summed E-state index contributed by atoms with van der Waals surface area (Å²) in [6, 6.07) is 13.3. The van der Waals surface area contributed by atoms with E-state index in [1.165, 1.54) is 12.1 Å². The van der Waals surface area contributed by atoms with Crippen molar-refractivity contribution in [3.8, 4) is 0 Å². The minimum atomic E-state index is -0.505. The summed E-state index contributed by atoms with van der Waals surface area (Å²) in [5, 5.41) is 11.1. The fourth-order valence-electron chi connectivity index (χ4n) is 1.89. The molecule has 2 aromatic carbocycles. The Morgan fingerprint density at radius 2 is 1.84 bits per heavy atom. The van der Waals surface area contributed by atoms with E-state index < -0.39 is 4.92 Å². The number of rotatable bonds is 4. The first-order chi connectivity index (χ1) is 9.13. The van der Waals surface area contributed by atoms with E-state index in [1.54, 1.807) is 36.4 Å². The quantitative estimate of drug-likeness (QED) is 0.478. The van der Waals surface area contributed by atoms with Crippen molar-refractivity contribution in [2.24, 2.45) is 0 Å². The lowest BCUT2D eigenvalue weighted by molar-refractivity contribution is -0.385. The van der Waals surface area contributed by atoms with E-state index in [0.717, 1.165) is 5.56 Å². The lowest BCUT2D eigenvalue weighted by Crippen LogP contribution is -2.06. The Morgan fingerprint density at radius 1 is 1.16 bits per heavy atom. The number of nitro groups is 1. The van der Waals surface area contributed by atoms with Gasteiger partial charge in [0.1, 0.15) is 5.56 Å². The van der Waals surface area contributed by atoms with Crippen LogP contribution in [0.15, 0.2) is 48.5 Å². The summed E-state index contributed by atoms with van der Waals surface area (Å²) in [7, 11) is 0. The number of carbonyl (C=O) groups excluding carboxylic acids is 1. The highest BCUT2D eigenvalue weighted by Gasteiger charge is 2.21. The third-order valence-corrected chi connectivity index (χ3v) is 2.95. The van der Waals surface area contributed by atoms with Gasteiger partial charge in [0.05, 0.1) is 4.92 Å². The number of benzene rings is 2. The summed E-state index contributed by atoms with van der Waals surface area (Å²) in [6.45, 7) is 1.91. The monoisotopic (exact) mass is 255 g/mol. The van der Waals surface area contributed by atoms with Crippen LogP contribution in [-0.2, 0) is 6.42 Å². The molecule has 0 aliphatic heterocycles. The van der Waals surface area contributed by atoms with Crippen molar-refractivity contribution in [1.82, 2.24) is 0 Å². The zero-order valence-electron chi connectivity index (χ0n) is 10.5. The van der Waals surface area contributed by atoms with Crippen molar-refractivity contribution < 1.29 is 9.72 Å². The minimum absolute atomic E-state index is 0.131. The molecule has 0 saturated carbocycles. The molecule has 0 aromatic heterocycles. The van der Waals surface area contributed by atoms with Crippen LogP contribution in [0.2, 0.25) is 0 Å². The zero-order chi connectivity index (χ0) is 13.8. The van der Waals surface area contributed by atoms with Crippen molar-refractivity contribution in [2.75, 3.05) is 0 Å². The van der Waals surface area contributed by atoms with Gasteiger partial charge in [-0.25, -0.2) is 0 Å². The molecular weight excluding hydrogens is 242 g/mol. The summed E-state index contributed by atoms with van der Waals surface area (Å²) >= 11 is 0. The van der Waals surface area contributed by atoms with Crippen LogP contribution in [0.3, 0.4) is 0 Å². The number of carbonyl (C=O) groups is 1. The van der Waals surface area contributed by atoms with E-state index in [1.807, 2.05) is 6.92 Å². The first-order valence-electron chi connectivity index (χ1n) is 6.00. The molecule has 4 nitrogen and oxygen atoms in total. The third-order valence-electron chi connectivity index (χ3n) is 2.95. The maximum absolute atomic E-state index is 12.3. The predicted molar refractivity (Wildman–Crippen MR) is 72.3 cm³/mol. The van der Waals surface area contributed by atoms with Gasteiger partial charge in [0.2, 0.25) is 0 Å². The average Bonchev–Trinajstić information content (AvgIpc) is 2.46. The van der Waals surface area contributed by atoms with Gasteiger partial charge < -0.3 is 0 Å². The molecular formula is C15H13NO3. The summed E-state index contributed by atoms with van der Waals surface area (Å²) in [5.74, 6) is -0.324. The van der Waals surface area contributed by atoms with Crippen molar-refractivity contribution in [3.05, 3.63) is 75.3 Å². The van der Waals surface area contributed by atoms with Crippen LogP contribution in [0.1, 0.15) is 28.4 Å². The molecule has 19 heavy (non-hydrogen) atoms. The van der Waals surface area contributed by atoms with Crippen LogP contribution < -0.4 is 0 Å². The molecule has 2 aromatic rings. The molecule has 96 valence electrons. The average molecular weight is 255 g/mol. The van der Waals surface area contributed by atoms with Gasteiger partial charge in [0.25, 0.3) is 5.69 Å². The van der Waals surface area contributed by atoms with Gasteiger partial charge in [-0.05, 0) is 18.1 Å². The summed E-state index contributed by atoms with van der Waals surface area (Å²) < 4.78 is 0. The van der Waals surface area contributed by atoms with Crippen molar-refractivity contribution in [3.63, 3.8) is 0 Å². The Bertz CT molecular complexity index is 621. The van der Waals surface area contributed by atoms with Gasteiger partial charge in [-0.3, -0.25) is 14.9 Å². The van der Waals surface area contributed by atoms with E-state index in [9.17, 15) is 14.9 Å². The number of nitro benzene ring substituents is 1. The lowest BCUT2D eigenvalue weighted by atomic mass is 9.99. The smallest absolute Gasteiger partial charge is 0.280 e. The zero-order valence-corrected chi connectivity index (χ0v) is 10.5. The number of aryl methyl sites for hydroxylation is 1. The molecule has 0 unspecified atom stereocenters. The van der Waals surface area contributed by atoms with Gasteiger partial charge >= 0.3 is 0 Å².